The van der Waals surface area contributed by atoms with Gasteiger partial charge in [0.1, 0.15) is 5.82 Å². The van der Waals surface area contributed by atoms with Gasteiger partial charge in [-0.15, -0.1) is 0 Å². The molecular formula is C9H16N2OS. The Morgan fingerprint density at radius 1 is 1.69 bits per heavy atom. The second kappa shape index (κ2) is 5.29. The van der Waals surface area contributed by atoms with Crippen molar-refractivity contribution in [3.63, 3.8) is 0 Å². The van der Waals surface area contributed by atoms with E-state index in [-0.39, 0.29) is 6.10 Å². The van der Waals surface area contributed by atoms with Gasteiger partial charge in [0.2, 0.25) is 0 Å². The highest BCUT2D eigenvalue weighted by atomic mass is 32.2. The smallest absolute Gasteiger partial charge is 0.111 e. The standard InChI is InChI=1S/C9H16N2OS/c1-3-11-5-4-10-9(11)6-8(12)7-13-2/h4-5,8,12H,3,6-7H2,1-2H3. The van der Waals surface area contributed by atoms with E-state index in [0.717, 1.165) is 18.1 Å². The molecule has 1 heterocycles. The van der Waals surface area contributed by atoms with E-state index in [4.69, 9.17) is 0 Å². The van der Waals surface area contributed by atoms with Gasteiger partial charge >= 0.3 is 0 Å². The molecule has 1 rings (SSSR count). The highest BCUT2D eigenvalue weighted by molar-refractivity contribution is 7.98. The first kappa shape index (κ1) is 10.6. The number of aliphatic hydroxyl groups excluding tert-OH is 1. The summed E-state index contributed by atoms with van der Waals surface area (Å²) in [7, 11) is 0. The van der Waals surface area contributed by atoms with Crippen LogP contribution in [0.1, 0.15) is 12.7 Å². The van der Waals surface area contributed by atoms with E-state index in [1.54, 1.807) is 18.0 Å². The van der Waals surface area contributed by atoms with Gasteiger partial charge in [0.05, 0.1) is 6.10 Å². The van der Waals surface area contributed by atoms with Crippen molar-refractivity contribution in [1.29, 1.82) is 0 Å². The maximum Gasteiger partial charge on any atom is 0.111 e. The van der Waals surface area contributed by atoms with Gasteiger partial charge in [-0.2, -0.15) is 11.8 Å². The first-order valence-electron chi connectivity index (χ1n) is 4.45. The number of hydrogen-bond acceptors (Lipinski definition) is 3. The molecule has 1 unspecified atom stereocenters. The lowest BCUT2D eigenvalue weighted by Crippen LogP contribution is -2.16. The first-order chi connectivity index (χ1) is 6.27. The number of aliphatic hydroxyl groups is 1. The molecule has 0 bridgehead atoms. The number of imidazole rings is 1. The van der Waals surface area contributed by atoms with E-state index in [9.17, 15) is 5.11 Å². The molecule has 0 aromatic carbocycles. The largest absolute Gasteiger partial charge is 0.392 e. The zero-order valence-electron chi connectivity index (χ0n) is 8.10. The number of aryl methyl sites for hydroxylation is 1. The van der Waals surface area contributed by atoms with E-state index in [1.165, 1.54) is 0 Å². The lowest BCUT2D eigenvalue weighted by atomic mass is 10.3. The fourth-order valence-corrected chi connectivity index (χ4v) is 1.78. The summed E-state index contributed by atoms with van der Waals surface area (Å²) in [6.45, 7) is 2.99. The van der Waals surface area contributed by atoms with Crippen molar-refractivity contribution >= 4 is 11.8 Å². The van der Waals surface area contributed by atoms with Crippen molar-refractivity contribution in [3.05, 3.63) is 18.2 Å². The first-order valence-corrected chi connectivity index (χ1v) is 5.84. The van der Waals surface area contributed by atoms with Gasteiger partial charge in [-0.25, -0.2) is 4.98 Å². The summed E-state index contributed by atoms with van der Waals surface area (Å²) in [5.74, 6) is 1.75. The van der Waals surface area contributed by atoms with Gasteiger partial charge < -0.3 is 9.67 Å². The molecule has 13 heavy (non-hydrogen) atoms. The third kappa shape index (κ3) is 3.04. The summed E-state index contributed by atoms with van der Waals surface area (Å²) < 4.78 is 2.06. The van der Waals surface area contributed by atoms with Gasteiger partial charge in [0, 0.05) is 31.1 Å². The summed E-state index contributed by atoms with van der Waals surface area (Å²) in [5, 5.41) is 9.57. The molecule has 0 fully saturated rings. The second-order valence-electron chi connectivity index (χ2n) is 2.94. The average molecular weight is 200 g/mol. The highest BCUT2D eigenvalue weighted by Crippen LogP contribution is 2.05. The molecule has 0 amide bonds. The zero-order chi connectivity index (χ0) is 9.68. The minimum Gasteiger partial charge on any atom is -0.392 e. The fourth-order valence-electron chi connectivity index (χ4n) is 1.28. The number of aromatic nitrogens is 2. The maximum atomic E-state index is 9.57. The van der Waals surface area contributed by atoms with Crippen molar-refractivity contribution in [1.82, 2.24) is 9.55 Å². The Kier molecular flexibility index (Phi) is 4.32. The number of thioether (sulfide) groups is 1. The Balaban J connectivity index is 2.52. The molecule has 1 N–H and O–H groups in total. The fraction of sp³-hybridized carbons (Fsp3) is 0.667. The van der Waals surface area contributed by atoms with Gasteiger partial charge in [0.25, 0.3) is 0 Å². The molecule has 0 aliphatic carbocycles. The van der Waals surface area contributed by atoms with Crippen LogP contribution in [0.25, 0.3) is 0 Å². The maximum absolute atomic E-state index is 9.57. The zero-order valence-corrected chi connectivity index (χ0v) is 8.92. The van der Waals surface area contributed by atoms with Crippen molar-refractivity contribution in [2.45, 2.75) is 26.0 Å². The van der Waals surface area contributed by atoms with Crippen LogP contribution in [0.2, 0.25) is 0 Å². The SMILES string of the molecule is CCn1ccnc1CC(O)CSC. The molecule has 1 aromatic heterocycles. The van der Waals surface area contributed by atoms with Gasteiger partial charge in [-0.1, -0.05) is 0 Å². The van der Waals surface area contributed by atoms with Crippen LogP contribution in [0.5, 0.6) is 0 Å². The van der Waals surface area contributed by atoms with Crippen molar-refractivity contribution < 1.29 is 5.11 Å². The summed E-state index contributed by atoms with van der Waals surface area (Å²) >= 11 is 1.66. The average Bonchev–Trinajstić information content (AvgIpc) is 2.52. The molecule has 0 spiro atoms. The van der Waals surface area contributed by atoms with Crippen LogP contribution in [0.15, 0.2) is 12.4 Å². The molecule has 0 saturated carbocycles. The van der Waals surface area contributed by atoms with E-state index in [0.29, 0.717) is 6.42 Å². The molecule has 1 aromatic rings. The van der Waals surface area contributed by atoms with Crippen LogP contribution >= 0.6 is 11.8 Å². The Morgan fingerprint density at radius 2 is 2.46 bits per heavy atom. The van der Waals surface area contributed by atoms with Crippen molar-refractivity contribution in [2.75, 3.05) is 12.0 Å². The van der Waals surface area contributed by atoms with Gasteiger partial charge in [0.15, 0.2) is 0 Å². The summed E-state index contributed by atoms with van der Waals surface area (Å²) in [4.78, 5) is 4.20. The Hall–Kier alpha value is -0.480. The third-order valence-electron chi connectivity index (χ3n) is 1.92. The van der Waals surface area contributed by atoms with Crippen LogP contribution in [0.3, 0.4) is 0 Å². The minimum atomic E-state index is -0.275. The molecule has 0 aliphatic heterocycles. The van der Waals surface area contributed by atoms with E-state index >= 15 is 0 Å². The van der Waals surface area contributed by atoms with Crippen LogP contribution in [-0.4, -0.2) is 32.8 Å². The molecule has 0 saturated heterocycles. The highest BCUT2D eigenvalue weighted by Gasteiger charge is 2.08. The molecule has 74 valence electrons. The van der Waals surface area contributed by atoms with Crippen LogP contribution in [0, 0.1) is 0 Å². The van der Waals surface area contributed by atoms with Crippen LogP contribution in [-0.2, 0) is 13.0 Å². The third-order valence-corrected chi connectivity index (χ3v) is 2.64. The van der Waals surface area contributed by atoms with E-state index in [2.05, 4.69) is 16.5 Å². The lowest BCUT2D eigenvalue weighted by Gasteiger charge is -2.09. The van der Waals surface area contributed by atoms with Crippen molar-refractivity contribution in [3.8, 4) is 0 Å². The predicted octanol–water partition coefficient (Wildman–Crippen LogP) is 1.17. The molecule has 3 nitrogen and oxygen atoms in total. The minimum absolute atomic E-state index is 0.275. The number of hydrogen-bond donors (Lipinski definition) is 1. The van der Waals surface area contributed by atoms with Crippen LogP contribution in [0.4, 0.5) is 0 Å². The van der Waals surface area contributed by atoms with Crippen molar-refractivity contribution in [2.24, 2.45) is 0 Å². The molecular weight excluding hydrogens is 184 g/mol. The number of rotatable bonds is 5. The number of nitrogens with zero attached hydrogens (tertiary/aromatic N) is 2. The Labute approximate surface area is 83.2 Å². The second-order valence-corrected chi connectivity index (χ2v) is 3.85. The van der Waals surface area contributed by atoms with Gasteiger partial charge in [-0.05, 0) is 13.2 Å². The van der Waals surface area contributed by atoms with E-state index in [1.807, 2.05) is 12.5 Å². The van der Waals surface area contributed by atoms with E-state index < -0.39 is 0 Å². The predicted molar refractivity (Wildman–Crippen MR) is 56.0 cm³/mol. The topological polar surface area (TPSA) is 38.0 Å². The molecule has 0 radical (unpaired) electrons. The van der Waals surface area contributed by atoms with Gasteiger partial charge in [-0.3, -0.25) is 0 Å². The Bertz CT molecular complexity index is 250. The summed E-state index contributed by atoms with van der Waals surface area (Å²) in [6.07, 6.45) is 6.10. The molecule has 0 aliphatic rings. The summed E-state index contributed by atoms with van der Waals surface area (Å²) in [6, 6.07) is 0. The molecule has 4 heteroatoms. The lowest BCUT2D eigenvalue weighted by molar-refractivity contribution is 0.196. The quantitative estimate of drug-likeness (QED) is 0.775. The van der Waals surface area contributed by atoms with Crippen LogP contribution < -0.4 is 0 Å². The Morgan fingerprint density at radius 3 is 3.08 bits per heavy atom. The monoisotopic (exact) mass is 200 g/mol. The normalized spacial score (nSPS) is 13.2. The molecule has 1 atom stereocenters. The summed E-state index contributed by atoms with van der Waals surface area (Å²) in [5.41, 5.74) is 0.